The Bertz CT molecular complexity index is 816. The summed E-state index contributed by atoms with van der Waals surface area (Å²) < 4.78 is 16.7. The third-order valence-corrected chi connectivity index (χ3v) is 5.09. The van der Waals surface area contributed by atoms with Crippen molar-refractivity contribution in [2.45, 2.75) is 51.2 Å². The van der Waals surface area contributed by atoms with Gasteiger partial charge < -0.3 is 19.5 Å². The number of aryl methyl sites for hydroxylation is 1. The molecule has 1 N–H and O–H groups in total. The smallest absolute Gasteiger partial charge is 0.231 e. The van der Waals surface area contributed by atoms with Gasteiger partial charge in [-0.25, -0.2) is 0 Å². The van der Waals surface area contributed by atoms with E-state index in [-0.39, 0.29) is 24.8 Å². The highest BCUT2D eigenvalue weighted by molar-refractivity contribution is 5.79. The van der Waals surface area contributed by atoms with E-state index in [4.69, 9.17) is 14.2 Å². The van der Waals surface area contributed by atoms with Crippen molar-refractivity contribution in [3.63, 3.8) is 0 Å². The average molecular weight is 368 g/mol. The van der Waals surface area contributed by atoms with Crippen molar-refractivity contribution in [3.05, 3.63) is 47.8 Å². The fourth-order valence-corrected chi connectivity index (χ4v) is 3.61. The molecule has 1 amide bonds. The van der Waals surface area contributed by atoms with Gasteiger partial charge in [-0.3, -0.25) is 9.78 Å². The highest BCUT2D eigenvalue weighted by Crippen LogP contribution is 2.32. The summed E-state index contributed by atoms with van der Waals surface area (Å²) in [4.78, 5) is 16.6. The van der Waals surface area contributed by atoms with Crippen LogP contribution in [0.1, 0.15) is 36.9 Å². The molecule has 1 aliphatic heterocycles. The van der Waals surface area contributed by atoms with Gasteiger partial charge in [0.2, 0.25) is 12.7 Å². The quantitative estimate of drug-likeness (QED) is 0.878. The summed E-state index contributed by atoms with van der Waals surface area (Å²) in [7, 11) is 0. The minimum Gasteiger partial charge on any atom is -0.489 e. The standard InChI is InChI=1S/C21H24N2O4/c1-14-18(3-2-10-22-14)27-17-7-5-16(6-8-17)23-21(24)12-15-4-9-19-20(11-15)26-13-25-19/h2-4,9-11,16-17H,5-8,12-13H2,1H3,(H,23,24). The van der Waals surface area contributed by atoms with Crippen LogP contribution in [0, 0.1) is 6.92 Å². The Morgan fingerprint density at radius 2 is 2.00 bits per heavy atom. The number of hydrogen-bond donors (Lipinski definition) is 1. The molecule has 6 heteroatoms. The molecule has 1 fully saturated rings. The molecule has 0 unspecified atom stereocenters. The van der Waals surface area contributed by atoms with Gasteiger partial charge in [0.15, 0.2) is 11.5 Å². The van der Waals surface area contributed by atoms with Crippen molar-refractivity contribution in [1.29, 1.82) is 0 Å². The lowest BCUT2D eigenvalue weighted by Crippen LogP contribution is -2.40. The molecule has 27 heavy (non-hydrogen) atoms. The van der Waals surface area contributed by atoms with Crippen LogP contribution in [0.3, 0.4) is 0 Å². The van der Waals surface area contributed by atoms with E-state index >= 15 is 0 Å². The number of hydrogen-bond acceptors (Lipinski definition) is 5. The molecule has 1 aromatic heterocycles. The highest BCUT2D eigenvalue weighted by Gasteiger charge is 2.24. The monoisotopic (exact) mass is 368 g/mol. The number of pyridine rings is 1. The number of benzene rings is 1. The SMILES string of the molecule is Cc1ncccc1OC1CCC(NC(=O)Cc2ccc3c(c2)OCO3)CC1. The number of carbonyl (C=O) groups is 1. The minimum atomic E-state index is 0.0429. The second kappa shape index (κ2) is 7.86. The second-order valence-corrected chi connectivity index (χ2v) is 7.11. The van der Waals surface area contributed by atoms with E-state index in [2.05, 4.69) is 10.3 Å². The van der Waals surface area contributed by atoms with Gasteiger partial charge >= 0.3 is 0 Å². The number of carbonyl (C=O) groups excluding carboxylic acids is 1. The lowest BCUT2D eigenvalue weighted by Gasteiger charge is -2.29. The van der Waals surface area contributed by atoms with E-state index in [0.717, 1.165) is 48.4 Å². The fraction of sp³-hybridized carbons (Fsp3) is 0.429. The Morgan fingerprint density at radius 1 is 1.19 bits per heavy atom. The molecule has 1 saturated carbocycles. The van der Waals surface area contributed by atoms with Gasteiger partial charge in [0.25, 0.3) is 0 Å². The largest absolute Gasteiger partial charge is 0.489 e. The Kier molecular flexibility index (Phi) is 5.14. The first kappa shape index (κ1) is 17.6. The summed E-state index contributed by atoms with van der Waals surface area (Å²) in [6, 6.07) is 9.71. The summed E-state index contributed by atoms with van der Waals surface area (Å²) in [5.74, 6) is 2.35. The number of nitrogens with zero attached hydrogens (tertiary/aromatic N) is 1. The first-order valence-electron chi connectivity index (χ1n) is 9.43. The Labute approximate surface area is 158 Å². The maximum atomic E-state index is 12.4. The predicted octanol–water partition coefficient (Wildman–Crippen LogP) is 3.17. The molecule has 1 aromatic carbocycles. The van der Waals surface area contributed by atoms with Gasteiger partial charge in [0.1, 0.15) is 5.75 Å². The van der Waals surface area contributed by atoms with Crippen LogP contribution in [0.4, 0.5) is 0 Å². The molecule has 4 rings (SSSR count). The van der Waals surface area contributed by atoms with Crippen LogP contribution >= 0.6 is 0 Å². The summed E-state index contributed by atoms with van der Waals surface area (Å²) in [6.07, 6.45) is 6.03. The van der Waals surface area contributed by atoms with E-state index in [1.54, 1.807) is 6.20 Å². The molecule has 0 saturated heterocycles. The molecular weight excluding hydrogens is 344 g/mol. The lowest BCUT2D eigenvalue weighted by atomic mass is 9.92. The highest BCUT2D eigenvalue weighted by atomic mass is 16.7. The van der Waals surface area contributed by atoms with Crippen molar-refractivity contribution >= 4 is 5.91 Å². The van der Waals surface area contributed by atoms with Gasteiger partial charge in [0.05, 0.1) is 18.2 Å². The molecule has 142 valence electrons. The number of aromatic nitrogens is 1. The maximum absolute atomic E-state index is 12.4. The minimum absolute atomic E-state index is 0.0429. The molecule has 6 nitrogen and oxygen atoms in total. The molecule has 1 aliphatic carbocycles. The molecule has 0 bridgehead atoms. The predicted molar refractivity (Wildman–Crippen MR) is 100 cm³/mol. The summed E-state index contributed by atoms with van der Waals surface area (Å²) in [5, 5.41) is 3.15. The van der Waals surface area contributed by atoms with Crippen molar-refractivity contribution < 1.29 is 19.0 Å². The van der Waals surface area contributed by atoms with E-state index < -0.39 is 0 Å². The van der Waals surface area contributed by atoms with Crippen LogP contribution < -0.4 is 19.5 Å². The molecule has 0 spiro atoms. The number of rotatable bonds is 5. The van der Waals surface area contributed by atoms with E-state index in [0.29, 0.717) is 12.2 Å². The van der Waals surface area contributed by atoms with E-state index in [1.165, 1.54) is 0 Å². The average Bonchev–Trinajstić information content (AvgIpc) is 3.13. The molecule has 0 atom stereocenters. The third-order valence-electron chi connectivity index (χ3n) is 5.09. The molecular formula is C21H24N2O4. The van der Waals surface area contributed by atoms with Crippen LogP contribution in [-0.4, -0.2) is 29.8 Å². The molecule has 0 radical (unpaired) electrons. The van der Waals surface area contributed by atoms with Crippen LogP contribution in [-0.2, 0) is 11.2 Å². The topological polar surface area (TPSA) is 69.7 Å². The van der Waals surface area contributed by atoms with Crippen molar-refractivity contribution in [2.24, 2.45) is 0 Å². The zero-order chi connectivity index (χ0) is 18.6. The van der Waals surface area contributed by atoms with Crippen LogP contribution in [0.25, 0.3) is 0 Å². The molecule has 2 aliphatic rings. The molecule has 2 heterocycles. The van der Waals surface area contributed by atoms with Crippen LogP contribution in [0.15, 0.2) is 36.5 Å². The van der Waals surface area contributed by atoms with Gasteiger partial charge in [-0.1, -0.05) is 6.07 Å². The van der Waals surface area contributed by atoms with Gasteiger partial charge in [-0.05, 0) is 62.4 Å². The lowest BCUT2D eigenvalue weighted by molar-refractivity contribution is -0.121. The zero-order valence-corrected chi connectivity index (χ0v) is 15.4. The van der Waals surface area contributed by atoms with Crippen molar-refractivity contribution in [2.75, 3.05) is 6.79 Å². The Balaban J connectivity index is 1.24. The van der Waals surface area contributed by atoms with Crippen LogP contribution in [0.5, 0.6) is 17.2 Å². The molecule has 2 aromatic rings. The third kappa shape index (κ3) is 4.32. The normalized spacial score (nSPS) is 20.9. The summed E-state index contributed by atoms with van der Waals surface area (Å²) in [5.41, 5.74) is 1.84. The summed E-state index contributed by atoms with van der Waals surface area (Å²) >= 11 is 0. The van der Waals surface area contributed by atoms with Gasteiger partial charge in [0, 0.05) is 12.2 Å². The van der Waals surface area contributed by atoms with E-state index in [1.807, 2.05) is 37.3 Å². The number of ether oxygens (including phenoxy) is 3. The maximum Gasteiger partial charge on any atom is 0.231 e. The second-order valence-electron chi connectivity index (χ2n) is 7.11. The first-order valence-corrected chi connectivity index (χ1v) is 9.43. The number of fused-ring (bicyclic) bond motifs is 1. The van der Waals surface area contributed by atoms with Gasteiger partial charge in [-0.15, -0.1) is 0 Å². The number of nitrogens with one attached hydrogen (secondary N) is 1. The Morgan fingerprint density at radius 3 is 2.81 bits per heavy atom. The zero-order valence-electron chi connectivity index (χ0n) is 15.4. The van der Waals surface area contributed by atoms with Crippen LogP contribution in [0.2, 0.25) is 0 Å². The van der Waals surface area contributed by atoms with E-state index in [9.17, 15) is 4.79 Å². The van der Waals surface area contributed by atoms with Gasteiger partial charge in [-0.2, -0.15) is 0 Å². The first-order chi connectivity index (χ1) is 13.2. The summed E-state index contributed by atoms with van der Waals surface area (Å²) in [6.45, 7) is 2.20. The Hall–Kier alpha value is -2.76. The van der Waals surface area contributed by atoms with Crippen molar-refractivity contribution in [1.82, 2.24) is 10.3 Å². The fourth-order valence-electron chi connectivity index (χ4n) is 3.61. The number of amides is 1. The van der Waals surface area contributed by atoms with Crippen molar-refractivity contribution in [3.8, 4) is 17.2 Å².